The number of ether oxygens (including phenoxy) is 2. The van der Waals surface area contributed by atoms with Gasteiger partial charge < -0.3 is 14.8 Å². The first-order valence-corrected chi connectivity index (χ1v) is 11.8. The van der Waals surface area contributed by atoms with Gasteiger partial charge in [-0.2, -0.15) is 0 Å². The number of amides is 3. The molecule has 10 heteroatoms. The molecule has 1 aliphatic heterocycles. The second kappa shape index (κ2) is 11.1. The van der Waals surface area contributed by atoms with Gasteiger partial charge in [0, 0.05) is 10.7 Å². The first-order valence-electron chi connectivity index (χ1n) is 10.6. The molecule has 4 rings (SSSR count). The third-order valence-electron chi connectivity index (χ3n) is 5.02. The zero-order valence-electron chi connectivity index (χ0n) is 18.9. The number of thioether (sulfide) groups is 1. The number of halogens is 1. The van der Waals surface area contributed by atoms with Gasteiger partial charge in [-0.25, -0.2) is 4.79 Å². The largest absolute Gasteiger partial charge is 0.497 e. The number of carbonyl (C=O) groups excluding carboxylic acids is 4. The number of esters is 1. The highest BCUT2D eigenvalue weighted by Crippen LogP contribution is 2.32. The third-order valence-corrected chi connectivity index (χ3v) is 6.18. The van der Waals surface area contributed by atoms with Crippen LogP contribution in [0.15, 0.2) is 77.7 Å². The lowest BCUT2D eigenvalue weighted by molar-refractivity contribution is -0.127. The SMILES string of the molecule is COc1ccc(C(=O)Oc2ccc(/C=C3/SC(=O)N(CC(=O)Nc4ccc(Cl)cc4)C3=O)cc2)cc1. The Kier molecular flexibility index (Phi) is 7.72. The lowest BCUT2D eigenvalue weighted by Crippen LogP contribution is -2.36. The van der Waals surface area contributed by atoms with Crippen molar-refractivity contribution in [1.82, 2.24) is 4.90 Å². The molecule has 3 aromatic rings. The van der Waals surface area contributed by atoms with Crippen LogP contribution in [0.5, 0.6) is 11.5 Å². The lowest BCUT2D eigenvalue weighted by atomic mass is 10.2. The van der Waals surface area contributed by atoms with Gasteiger partial charge in [-0.05, 0) is 84.1 Å². The van der Waals surface area contributed by atoms with Crippen LogP contribution in [0.25, 0.3) is 6.08 Å². The van der Waals surface area contributed by atoms with E-state index in [-0.39, 0.29) is 4.91 Å². The van der Waals surface area contributed by atoms with Crippen LogP contribution in [-0.4, -0.2) is 41.6 Å². The van der Waals surface area contributed by atoms with Gasteiger partial charge in [-0.1, -0.05) is 23.7 Å². The summed E-state index contributed by atoms with van der Waals surface area (Å²) in [4.78, 5) is 50.7. The van der Waals surface area contributed by atoms with E-state index in [1.54, 1.807) is 72.8 Å². The summed E-state index contributed by atoms with van der Waals surface area (Å²) >= 11 is 6.57. The van der Waals surface area contributed by atoms with Crippen molar-refractivity contribution < 1.29 is 28.7 Å². The predicted molar refractivity (Wildman–Crippen MR) is 137 cm³/mol. The van der Waals surface area contributed by atoms with Crippen molar-refractivity contribution in [3.8, 4) is 11.5 Å². The normalized spacial score (nSPS) is 14.2. The lowest BCUT2D eigenvalue weighted by Gasteiger charge is -2.12. The smallest absolute Gasteiger partial charge is 0.343 e. The average molecular weight is 523 g/mol. The monoisotopic (exact) mass is 522 g/mol. The van der Waals surface area contributed by atoms with Gasteiger partial charge in [0.2, 0.25) is 5.91 Å². The third kappa shape index (κ3) is 6.12. The van der Waals surface area contributed by atoms with E-state index in [0.717, 1.165) is 16.7 Å². The fourth-order valence-corrected chi connectivity index (χ4v) is 4.15. The second-order valence-electron chi connectivity index (χ2n) is 7.51. The summed E-state index contributed by atoms with van der Waals surface area (Å²) in [6.45, 7) is -0.412. The molecule has 3 amide bonds. The van der Waals surface area contributed by atoms with Crippen LogP contribution in [-0.2, 0) is 9.59 Å². The van der Waals surface area contributed by atoms with Gasteiger partial charge in [0.1, 0.15) is 18.0 Å². The van der Waals surface area contributed by atoms with Gasteiger partial charge in [0.05, 0.1) is 17.6 Å². The molecule has 1 saturated heterocycles. The summed E-state index contributed by atoms with van der Waals surface area (Å²) in [5.74, 6) is -0.652. The maximum atomic E-state index is 12.7. The van der Waals surface area contributed by atoms with Crippen molar-refractivity contribution in [2.75, 3.05) is 19.0 Å². The second-order valence-corrected chi connectivity index (χ2v) is 8.94. The van der Waals surface area contributed by atoms with E-state index in [2.05, 4.69) is 5.32 Å². The first kappa shape index (κ1) is 25.0. The molecule has 0 radical (unpaired) electrons. The Bertz CT molecular complexity index is 1340. The van der Waals surface area contributed by atoms with E-state index in [1.807, 2.05) is 0 Å². The fraction of sp³-hybridized carbons (Fsp3) is 0.0769. The maximum Gasteiger partial charge on any atom is 0.343 e. The molecule has 1 heterocycles. The van der Waals surface area contributed by atoms with Gasteiger partial charge in [-0.3, -0.25) is 19.3 Å². The number of hydrogen-bond acceptors (Lipinski definition) is 7. The molecule has 1 aliphatic rings. The molecule has 1 fully saturated rings. The highest BCUT2D eigenvalue weighted by Gasteiger charge is 2.36. The molecule has 0 aliphatic carbocycles. The topological polar surface area (TPSA) is 102 Å². The van der Waals surface area contributed by atoms with E-state index in [0.29, 0.717) is 33.3 Å². The summed E-state index contributed by atoms with van der Waals surface area (Å²) in [6.07, 6.45) is 1.54. The number of nitrogens with zero attached hydrogens (tertiary/aromatic N) is 1. The number of hydrogen-bond donors (Lipinski definition) is 1. The molecular formula is C26H19ClN2O6S. The Labute approximate surface area is 215 Å². The zero-order valence-corrected chi connectivity index (χ0v) is 20.5. The molecule has 8 nitrogen and oxygen atoms in total. The first-order chi connectivity index (χ1) is 17.3. The van der Waals surface area contributed by atoms with Crippen LogP contribution in [0.4, 0.5) is 10.5 Å². The van der Waals surface area contributed by atoms with Crippen LogP contribution in [0.1, 0.15) is 15.9 Å². The standard InChI is InChI=1S/C26H19ClN2O6S/c1-34-20-12-4-17(5-13-20)25(32)35-21-10-2-16(3-11-21)14-22-24(31)29(26(33)36-22)15-23(30)28-19-8-6-18(27)7-9-19/h2-14H,15H2,1H3,(H,28,30)/b22-14+. The highest BCUT2D eigenvalue weighted by atomic mass is 35.5. The number of methoxy groups -OCH3 is 1. The number of rotatable bonds is 7. The van der Waals surface area contributed by atoms with E-state index in [1.165, 1.54) is 13.2 Å². The van der Waals surface area contributed by atoms with E-state index >= 15 is 0 Å². The van der Waals surface area contributed by atoms with Gasteiger partial charge >= 0.3 is 5.97 Å². The van der Waals surface area contributed by atoms with Crippen molar-refractivity contribution >= 4 is 58.1 Å². The Morgan fingerprint density at radius 1 is 0.944 bits per heavy atom. The van der Waals surface area contributed by atoms with Crippen molar-refractivity contribution in [3.05, 3.63) is 93.9 Å². The molecule has 0 aromatic heterocycles. The van der Waals surface area contributed by atoms with Crippen LogP contribution < -0.4 is 14.8 Å². The molecule has 0 atom stereocenters. The van der Waals surface area contributed by atoms with Crippen molar-refractivity contribution in [2.45, 2.75) is 0 Å². The minimum absolute atomic E-state index is 0.183. The maximum absolute atomic E-state index is 12.7. The molecule has 3 aromatic carbocycles. The van der Waals surface area contributed by atoms with Crippen LogP contribution in [0.2, 0.25) is 5.02 Å². The molecule has 0 unspecified atom stereocenters. The number of imide groups is 1. The van der Waals surface area contributed by atoms with Crippen LogP contribution in [0.3, 0.4) is 0 Å². The molecule has 0 spiro atoms. The van der Waals surface area contributed by atoms with Crippen molar-refractivity contribution in [3.63, 3.8) is 0 Å². The van der Waals surface area contributed by atoms with Crippen molar-refractivity contribution in [1.29, 1.82) is 0 Å². The van der Waals surface area contributed by atoms with Crippen LogP contribution in [0, 0.1) is 0 Å². The van der Waals surface area contributed by atoms with Crippen molar-refractivity contribution in [2.24, 2.45) is 0 Å². The number of anilines is 1. The predicted octanol–water partition coefficient (Wildman–Crippen LogP) is 5.24. The van der Waals surface area contributed by atoms with E-state index < -0.39 is 29.6 Å². The molecule has 36 heavy (non-hydrogen) atoms. The van der Waals surface area contributed by atoms with Gasteiger partial charge in [0.15, 0.2) is 0 Å². The zero-order chi connectivity index (χ0) is 25.7. The van der Waals surface area contributed by atoms with Gasteiger partial charge in [-0.15, -0.1) is 0 Å². The summed E-state index contributed by atoms with van der Waals surface area (Å²) in [5, 5.41) is 2.60. The van der Waals surface area contributed by atoms with Gasteiger partial charge in [0.25, 0.3) is 11.1 Å². The minimum atomic E-state index is -0.564. The average Bonchev–Trinajstić information content (AvgIpc) is 3.13. The molecule has 0 bridgehead atoms. The fourth-order valence-electron chi connectivity index (χ4n) is 3.19. The number of benzene rings is 3. The highest BCUT2D eigenvalue weighted by molar-refractivity contribution is 8.18. The summed E-state index contributed by atoms with van der Waals surface area (Å²) in [7, 11) is 1.54. The summed E-state index contributed by atoms with van der Waals surface area (Å²) in [6, 6.07) is 19.4. The summed E-state index contributed by atoms with van der Waals surface area (Å²) < 4.78 is 10.4. The molecular weight excluding hydrogens is 504 g/mol. The number of nitrogens with one attached hydrogen (secondary N) is 1. The Morgan fingerprint density at radius 2 is 1.58 bits per heavy atom. The van der Waals surface area contributed by atoms with E-state index in [4.69, 9.17) is 21.1 Å². The minimum Gasteiger partial charge on any atom is -0.497 e. The number of carbonyl (C=O) groups is 4. The van der Waals surface area contributed by atoms with E-state index in [9.17, 15) is 19.2 Å². The molecule has 182 valence electrons. The molecule has 0 saturated carbocycles. The Hall–Kier alpha value is -4.08. The summed E-state index contributed by atoms with van der Waals surface area (Å²) in [5.41, 5.74) is 1.49. The Balaban J connectivity index is 1.36. The Morgan fingerprint density at radius 3 is 2.22 bits per heavy atom. The quantitative estimate of drug-likeness (QED) is 0.257. The molecule has 1 N–H and O–H groups in total. The van der Waals surface area contributed by atoms with Crippen LogP contribution >= 0.6 is 23.4 Å².